The largest absolute Gasteiger partial charge is 0.306 e. The predicted octanol–water partition coefficient (Wildman–Crippen LogP) is 0.914. The van der Waals surface area contributed by atoms with Crippen molar-refractivity contribution in [2.24, 2.45) is 0 Å². The number of rotatable bonds is 5. The Morgan fingerprint density at radius 3 is 2.80 bits per heavy atom. The lowest BCUT2D eigenvalue weighted by atomic mass is 10.0. The normalized spacial score (nSPS) is 22.3. The summed E-state index contributed by atoms with van der Waals surface area (Å²) in [5, 5.41) is 3.21. The Morgan fingerprint density at radius 1 is 1.40 bits per heavy atom. The average molecular weight is 212 g/mol. The number of unbranched alkanes of at least 4 members (excludes halogenated alkanes) is 2. The first-order valence-corrected chi connectivity index (χ1v) is 5.70. The number of carbonyl (C=O) groups is 2. The van der Waals surface area contributed by atoms with Crippen LogP contribution in [0.1, 0.15) is 39.0 Å². The SMILES string of the molecule is CCCCCNC1CCC(=O)N(C)C1=O. The topological polar surface area (TPSA) is 49.4 Å². The van der Waals surface area contributed by atoms with Crippen molar-refractivity contribution < 1.29 is 9.59 Å². The number of hydrogen-bond donors (Lipinski definition) is 1. The highest BCUT2D eigenvalue weighted by Crippen LogP contribution is 2.11. The van der Waals surface area contributed by atoms with Gasteiger partial charge in [-0.05, 0) is 19.4 Å². The van der Waals surface area contributed by atoms with Gasteiger partial charge in [-0.2, -0.15) is 0 Å². The summed E-state index contributed by atoms with van der Waals surface area (Å²) in [5.41, 5.74) is 0. The molecule has 0 aliphatic carbocycles. The van der Waals surface area contributed by atoms with E-state index in [4.69, 9.17) is 0 Å². The second-order valence-electron chi connectivity index (χ2n) is 4.04. The fraction of sp³-hybridized carbons (Fsp3) is 0.818. The Labute approximate surface area is 91.0 Å². The number of likely N-dealkylation sites (tertiary alicyclic amines) is 1. The van der Waals surface area contributed by atoms with Gasteiger partial charge in [0.15, 0.2) is 0 Å². The molecule has 15 heavy (non-hydrogen) atoms. The molecule has 1 atom stereocenters. The maximum atomic E-state index is 11.6. The molecule has 0 bridgehead atoms. The van der Waals surface area contributed by atoms with Crippen LogP contribution in [0.4, 0.5) is 0 Å². The number of amides is 2. The summed E-state index contributed by atoms with van der Waals surface area (Å²) in [4.78, 5) is 24.1. The zero-order valence-electron chi connectivity index (χ0n) is 9.58. The van der Waals surface area contributed by atoms with Crippen molar-refractivity contribution >= 4 is 11.8 Å². The van der Waals surface area contributed by atoms with E-state index in [-0.39, 0.29) is 17.9 Å². The summed E-state index contributed by atoms with van der Waals surface area (Å²) in [7, 11) is 1.56. The molecule has 0 aromatic heterocycles. The van der Waals surface area contributed by atoms with Gasteiger partial charge < -0.3 is 5.32 Å². The molecule has 0 aromatic rings. The molecule has 2 amide bonds. The summed E-state index contributed by atoms with van der Waals surface area (Å²) in [5.74, 6) is -0.144. The molecular weight excluding hydrogens is 192 g/mol. The molecule has 1 unspecified atom stereocenters. The summed E-state index contributed by atoms with van der Waals surface area (Å²) < 4.78 is 0. The highest BCUT2D eigenvalue weighted by Gasteiger charge is 2.30. The van der Waals surface area contributed by atoms with Crippen molar-refractivity contribution in [3.05, 3.63) is 0 Å². The van der Waals surface area contributed by atoms with Crippen molar-refractivity contribution in [2.45, 2.75) is 45.1 Å². The molecule has 0 saturated carbocycles. The molecule has 4 nitrogen and oxygen atoms in total. The molecule has 0 radical (unpaired) electrons. The fourth-order valence-corrected chi connectivity index (χ4v) is 1.76. The molecule has 1 aliphatic rings. The third-order valence-electron chi connectivity index (χ3n) is 2.82. The Balaban J connectivity index is 2.30. The molecule has 1 aliphatic heterocycles. The summed E-state index contributed by atoms with van der Waals surface area (Å²) in [6.07, 6.45) is 4.58. The molecule has 1 fully saturated rings. The van der Waals surface area contributed by atoms with E-state index in [1.165, 1.54) is 17.7 Å². The van der Waals surface area contributed by atoms with Gasteiger partial charge in [0.2, 0.25) is 11.8 Å². The fourth-order valence-electron chi connectivity index (χ4n) is 1.76. The van der Waals surface area contributed by atoms with E-state index in [9.17, 15) is 9.59 Å². The van der Waals surface area contributed by atoms with Gasteiger partial charge in [-0.15, -0.1) is 0 Å². The van der Waals surface area contributed by atoms with E-state index in [0.717, 1.165) is 13.0 Å². The van der Waals surface area contributed by atoms with Crippen LogP contribution in [0.25, 0.3) is 0 Å². The van der Waals surface area contributed by atoms with Gasteiger partial charge in [-0.25, -0.2) is 0 Å². The summed E-state index contributed by atoms with van der Waals surface area (Å²) in [6, 6.07) is -0.149. The highest BCUT2D eigenvalue weighted by atomic mass is 16.2. The second-order valence-corrected chi connectivity index (χ2v) is 4.04. The van der Waals surface area contributed by atoms with Crippen LogP contribution in [0.5, 0.6) is 0 Å². The first-order valence-electron chi connectivity index (χ1n) is 5.70. The molecule has 1 heterocycles. The average Bonchev–Trinajstić information content (AvgIpc) is 2.24. The zero-order valence-corrected chi connectivity index (χ0v) is 9.58. The van der Waals surface area contributed by atoms with Gasteiger partial charge in [-0.1, -0.05) is 19.8 Å². The lowest BCUT2D eigenvalue weighted by molar-refractivity contribution is -0.148. The number of likely N-dealkylation sites (N-methyl/N-ethyl adjacent to an activating group) is 1. The number of piperidine rings is 1. The highest BCUT2D eigenvalue weighted by molar-refractivity contribution is 6.00. The van der Waals surface area contributed by atoms with Crippen molar-refractivity contribution in [1.29, 1.82) is 0 Å². The lowest BCUT2D eigenvalue weighted by Crippen LogP contribution is -2.51. The monoisotopic (exact) mass is 212 g/mol. The first kappa shape index (κ1) is 12.2. The van der Waals surface area contributed by atoms with Crippen molar-refractivity contribution in [3.63, 3.8) is 0 Å². The third kappa shape index (κ3) is 3.30. The minimum Gasteiger partial charge on any atom is -0.306 e. The molecule has 0 aromatic carbocycles. The van der Waals surface area contributed by atoms with Crippen LogP contribution in [-0.2, 0) is 9.59 Å². The van der Waals surface area contributed by atoms with Gasteiger partial charge in [0.25, 0.3) is 0 Å². The van der Waals surface area contributed by atoms with Crippen LogP contribution in [0, 0.1) is 0 Å². The molecule has 0 spiro atoms. The second kappa shape index (κ2) is 5.85. The number of nitrogens with zero attached hydrogens (tertiary/aromatic N) is 1. The molecule has 86 valence electrons. The minimum atomic E-state index is -0.149. The molecular formula is C11H20N2O2. The maximum Gasteiger partial charge on any atom is 0.246 e. The number of imide groups is 1. The number of carbonyl (C=O) groups excluding carboxylic acids is 2. The summed E-state index contributed by atoms with van der Waals surface area (Å²) >= 11 is 0. The summed E-state index contributed by atoms with van der Waals surface area (Å²) in [6.45, 7) is 3.02. The van der Waals surface area contributed by atoms with E-state index < -0.39 is 0 Å². The van der Waals surface area contributed by atoms with Gasteiger partial charge in [0.1, 0.15) is 0 Å². The minimum absolute atomic E-state index is 0.0633. The van der Waals surface area contributed by atoms with E-state index in [1.807, 2.05) is 0 Å². The molecule has 4 heteroatoms. The van der Waals surface area contributed by atoms with Gasteiger partial charge in [0, 0.05) is 13.5 Å². The smallest absolute Gasteiger partial charge is 0.246 e. The van der Waals surface area contributed by atoms with Gasteiger partial charge in [-0.3, -0.25) is 14.5 Å². The van der Waals surface area contributed by atoms with Crippen LogP contribution < -0.4 is 5.32 Å². The Kier molecular flexibility index (Phi) is 4.75. The van der Waals surface area contributed by atoms with Crippen LogP contribution in [0.15, 0.2) is 0 Å². The first-order chi connectivity index (χ1) is 7.16. The Hall–Kier alpha value is -0.900. The van der Waals surface area contributed by atoms with E-state index >= 15 is 0 Å². The van der Waals surface area contributed by atoms with Crippen LogP contribution in [0.3, 0.4) is 0 Å². The molecule has 1 N–H and O–H groups in total. The Morgan fingerprint density at radius 2 is 2.13 bits per heavy atom. The van der Waals surface area contributed by atoms with Crippen LogP contribution in [0.2, 0.25) is 0 Å². The van der Waals surface area contributed by atoms with Gasteiger partial charge in [0.05, 0.1) is 6.04 Å². The molecule has 1 saturated heterocycles. The maximum absolute atomic E-state index is 11.6. The standard InChI is InChI=1S/C11H20N2O2/c1-3-4-5-8-12-9-6-7-10(14)13(2)11(9)15/h9,12H,3-8H2,1-2H3. The van der Waals surface area contributed by atoms with Crippen molar-refractivity contribution in [3.8, 4) is 0 Å². The predicted molar refractivity (Wildman–Crippen MR) is 58.3 cm³/mol. The third-order valence-corrected chi connectivity index (χ3v) is 2.82. The van der Waals surface area contributed by atoms with Crippen LogP contribution >= 0.6 is 0 Å². The zero-order chi connectivity index (χ0) is 11.3. The molecule has 1 rings (SSSR count). The van der Waals surface area contributed by atoms with Gasteiger partial charge >= 0.3 is 0 Å². The van der Waals surface area contributed by atoms with E-state index in [1.54, 1.807) is 7.05 Å². The number of nitrogens with one attached hydrogen (secondary N) is 1. The number of hydrogen-bond acceptors (Lipinski definition) is 3. The van der Waals surface area contributed by atoms with Crippen LogP contribution in [-0.4, -0.2) is 36.3 Å². The van der Waals surface area contributed by atoms with Crippen molar-refractivity contribution in [1.82, 2.24) is 10.2 Å². The Bertz CT molecular complexity index is 241. The quantitative estimate of drug-likeness (QED) is 0.544. The van der Waals surface area contributed by atoms with Crippen molar-refractivity contribution in [2.75, 3.05) is 13.6 Å². The lowest BCUT2D eigenvalue weighted by Gasteiger charge is -2.28. The van der Waals surface area contributed by atoms with E-state index in [0.29, 0.717) is 12.8 Å². The van der Waals surface area contributed by atoms with E-state index in [2.05, 4.69) is 12.2 Å².